The van der Waals surface area contributed by atoms with E-state index in [9.17, 15) is 13.6 Å². The highest BCUT2D eigenvalue weighted by molar-refractivity contribution is 6.36. The van der Waals surface area contributed by atoms with E-state index in [0.29, 0.717) is 27.0 Å². The molecule has 0 radical (unpaired) electrons. The Morgan fingerprint density at radius 2 is 1.82 bits per heavy atom. The lowest BCUT2D eigenvalue weighted by Crippen LogP contribution is -1.99. The van der Waals surface area contributed by atoms with Gasteiger partial charge in [0.05, 0.1) is 28.2 Å². The Hall–Kier alpha value is -3.75. The third kappa shape index (κ3) is 5.02. The van der Waals surface area contributed by atoms with E-state index in [1.54, 1.807) is 36.5 Å². The largest absolute Gasteiger partial charge is 0.478 e. The highest BCUT2D eigenvalue weighted by Crippen LogP contribution is 2.27. The number of hydrogen-bond donors (Lipinski definition) is 2. The first kappa shape index (κ1) is 22.4. The van der Waals surface area contributed by atoms with E-state index in [1.165, 1.54) is 29.1 Å². The van der Waals surface area contributed by atoms with Crippen molar-refractivity contribution in [3.63, 3.8) is 0 Å². The SMILES string of the molecule is O=C(O)c1ccc(-n2cc(/C=N/Nc3ccc(Cl)cc3Cl)c(-c3ccc(F)cc3F)n2)cc1. The molecule has 0 atom stereocenters. The molecule has 3 aromatic carbocycles. The van der Waals surface area contributed by atoms with Crippen molar-refractivity contribution in [2.45, 2.75) is 0 Å². The van der Waals surface area contributed by atoms with Crippen molar-refractivity contribution in [3.8, 4) is 16.9 Å². The van der Waals surface area contributed by atoms with Gasteiger partial charge in [0.15, 0.2) is 0 Å². The molecule has 0 fully saturated rings. The summed E-state index contributed by atoms with van der Waals surface area (Å²) in [5.74, 6) is -2.56. The fourth-order valence-electron chi connectivity index (χ4n) is 3.01. The summed E-state index contributed by atoms with van der Waals surface area (Å²) < 4.78 is 29.4. The van der Waals surface area contributed by atoms with Crippen LogP contribution in [0, 0.1) is 11.6 Å². The minimum atomic E-state index is -1.06. The molecule has 0 saturated heterocycles. The van der Waals surface area contributed by atoms with Crippen LogP contribution in [0.25, 0.3) is 16.9 Å². The molecule has 0 bridgehead atoms. The Balaban J connectivity index is 1.72. The molecule has 33 heavy (non-hydrogen) atoms. The number of benzene rings is 3. The Bertz CT molecular complexity index is 1370. The van der Waals surface area contributed by atoms with E-state index in [1.807, 2.05) is 0 Å². The summed E-state index contributed by atoms with van der Waals surface area (Å²) in [6, 6.07) is 14.0. The molecule has 166 valence electrons. The Morgan fingerprint density at radius 1 is 1.06 bits per heavy atom. The predicted molar refractivity (Wildman–Crippen MR) is 124 cm³/mol. The van der Waals surface area contributed by atoms with Crippen molar-refractivity contribution in [2.24, 2.45) is 5.10 Å². The van der Waals surface area contributed by atoms with Gasteiger partial charge in [-0.25, -0.2) is 18.3 Å². The number of halogens is 4. The lowest BCUT2D eigenvalue weighted by Gasteiger charge is -2.04. The van der Waals surface area contributed by atoms with Crippen LogP contribution < -0.4 is 5.43 Å². The molecule has 1 heterocycles. The van der Waals surface area contributed by atoms with Gasteiger partial charge < -0.3 is 5.11 Å². The van der Waals surface area contributed by atoms with Crippen LogP contribution in [-0.4, -0.2) is 27.1 Å². The number of rotatable bonds is 6. The zero-order valence-corrected chi connectivity index (χ0v) is 18.1. The van der Waals surface area contributed by atoms with Crippen molar-refractivity contribution in [1.82, 2.24) is 9.78 Å². The number of carboxylic acid groups (broad SMARTS) is 1. The molecular formula is C23H14Cl2F2N4O2. The first-order chi connectivity index (χ1) is 15.8. The number of carboxylic acids is 1. The monoisotopic (exact) mass is 486 g/mol. The van der Waals surface area contributed by atoms with E-state index >= 15 is 0 Å². The topological polar surface area (TPSA) is 79.5 Å². The van der Waals surface area contributed by atoms with Crippen LogP contribution in [0.15, 0.2) is 72.0 Å². The first-order valence-electron chi connectivity index (χ1n) is 9.45. The van der Waals surface area contributed by atoms with Gasteiger partial charge in [-0.1, -0.05) is 23.2 Å². The fourth-order valence-corrected chi connectivity index (χ4v) is 3.46. The van der Waals surface area contributed by atoms with Crippen LogP contribution >= 0.6 is 23.2 Å². The summed E-state index contributed by atoms with van der Waals surface area (Å²) >= 11 is 12.0. The van der Waals surface area contributed by atoms with Gasteiger partial charge in [-0.15, -0.1) is 0 Å². The van der Waals surface area contributed by atoms with Gasteiger partial charge in [0.1, 0.15) is 17.3 Å². The van der Waals surface area contributed by atoms with Crippen LogP contribution in [0.2, 0.25) is 10.0 Å². The number of hydrazone groups is 1. The van der Waals surface area contributed by atoms with Gasteiger partial charge in [0, 0.05) is 28.4 Å². The summed E-state index contributed by atoms with van der Waals surface area (Å²) in [6.07, 6.45) is 3.00. The fraction of sp³-hybridized carbons (Fsp3) is 0. The number of carbonyl (C=O) groups is 1. The van der Waals surface area contributed by atoms with Gasteiger partial charge in [-0.05, 0) is 54.6 Å². The van der Waals surface area contributed by atoms with Gasteiger partial charge in [0.2, 0.25) is 0 Å². The van der Waals surface area contributed by atoms with Gasteiger partial charge in [0.25, 0.3) is 0 Å². The molecule has 1 aromatic heterocycles. The van der Waals surface area contributed by atoms with Gasteiger partial charge in [-0.2, -0.15) is 10.2 Å². The maximum Gasteiger partial charge on any atom is 0.335 e. The summed E-state index contributed by atoms with van der Waals surface area (Å²) in [5, 5.41) is 18.5. The molecule has 0 unspecified atom stereocenters. The van der Waals surface area contributed by atoms with Crippen molar-refractivity contribution >= 4 is 41.1 Å². The maximum absolute atomic E-state index is 14.5. The van der Waals surface area contributed by atoms with Crippen LogP contribution in [0.1, 0.15) is 15.9 Å². The van der Waals surface area contributed by atoms with E-state index in [-0.39, 0.29) is 16.8 Å². The summed E-state index contributed by atoms with van der Waals surface area (Å²) in [7, 11) is 0. The van der Waals surface area contributed by atoms with Crippen LogP contribution in [-0.2, 0) is 0 Å². The first-order valence-corrected chi connectivity index (χ1v) is 10.2. The van der Waals surface area contributed by atoms with Crippen molar-refractivity contribution in [1.29, 1.82) is 0 Å². The van der Waals surface area contributed by atoms with E-state index < -0.39 is 17.6 Å². The zero-order valence-electron chi connectivity index (χ0n) is 16.6. The molecule has 10 heteroatoms. The highest BCUT2D eigenvalue weighted by Gasteiger charge is 2.16. The molecule has 0 spiro atoms. The number of anilines is 1. The second kappa shape index (κ2) is 9.40. The summed E-state index contributed by atoms with van der Waals surface area (Å²) in [6.45, 7) is 0. The Kier molecular flexibility index (Phi) is 6.39. The summed E-state index contributed by atoms with van der Waals surface area (Å²) in [4.78, 5) is 11.1. The zero-order chi connectivity index (χ0) is 23.5. The molecule has 0 aliphatic heterocycles. The van der Waals surface area contributed by atoms with Gasteiger partial charge in [-0.3, -0.25) is 5.43 Å². The quantitative estimate of drug-likeness (QED) is 0.248. The van der Waals surface area contributed by atoms with Crippen molar-refractivity contribution < 1.29 is 18.7 Å². The van der Waals surface area contributed by atoms with Crippen molar-refractivity contribution in [2.75, 3.05) is 5.43 Å². The minimum Gasteiger partial charge on any atom is -0.478 e. The highest BCUT2D eigenvalue weighted by atomic mass is 35.5. The minimum absolute atomic E-state index is 0.0725. The summed E-state index contributed by atoms with van der Waals surface area (Å²) in [5.41, 5.74) is 4.64. The third-order valence-corrected chi connectivity index (χ3v) is 5.18. The number of hydrogen-bond acceptors (Lipinski definition) is 4. The van der Waals surface area contributed by atoms with Crippen LogP contribution in [0.5, 0.6) is 0 Å². The molecule has 6 nitrogen and oxygen atoms in total. The Morgan fingerprint density at radius 3 is 2.48 bits per heavy atom. The second-order valence-corrected chi connectivity index (χ2v) is 7.69. The lowest BCUT2D eigenvalue weighted by atomic mass is 10.1. The van der Waals surface area contributed by atoms with E-state index in [4.69, 9.17) is 28.3 Å². The molecule has 0 amide bonds. The number of aromatic carboxylic acids is 1. The molecule has 0 aliphatic rings. The third-order valence-electron chi connectivity index (χ3n) is 4.63. The molecule has 4 rings (SSSR count). The molecule has 2 N–H and O–H groups in total. The average molecular weight is 487 g/mol. The number of nitrogens with zero attached hydrogens (tertiary/aromatic N) is 3. The molecule has 4 aromatic rings. The van der Waals surface area contributed by atoms with Crippen LogP contribution in [0.3, 0.4) is 0 Å². The normalized spacial score (nSPS) is 11.2. The molecule has 0 saturated carbocycles. The van der Waals surface area contributed by atoms with Crippen molar-refractivity contribution in [3.05, 3.63) is 99.7 Å². The smallest absolute Gasteiger partial charge is 0.335 e. The molecular weight excluding hydrogens is 473 g/mol. The standard InChI is InChI=1S/C23H14Cl2F2N4O2/c24-15-3-8-21(19(25)9-15)29-28-11-14-12-31(17-5-1-13(2-6-17)23(32)33)30-22(14)18-7-4-16(26)10-20(18)27/h1-12,29H,(H,32,33)/b28-11+. The second-order valence-electron chi connectivity index (χ2n) is 6.85. The van der Waals surface area contributed by atoms with E-state index in [0.717, 1.165) is 12.1 Å². The van der Waals surface area contributed by atoms with Crippen LogP contribution in [0.4, 0.5) is 14.5 Å². The average Bonchev–Trinajstić information content (AvgIpc) is 3.19. The number of aromatic nitrogens is 2. The number of nitrogens with one attached hydrogen (secondary N) is 1. The van der Waals surface area contributed by atoms with Gasteiger partial charge >= 0.3 is 5.97 Å². The maximum atomic E-state index is 14.5. The van der Waals surface area contributed by atoms with E-state index in [2.05, 4.69) is 15.6 Å². The predicted octanol–water partition coefficient (Wildman–Crippen LogP) is 6.27. The lowest BCUT2D eigenvalue weighted by molar-refractivity contribution is 0.0697. The Labute approximate surface area is 196 Å². The molecule has 0 aliphatic carbocycles.